The third kappa shape index (κ3) is 7.68. The minimum absolute atomic E-state index is 0.0144. The zero-order chi connectivity index (χ0) is 28.3. The molecule has 0 unspecified atom stereocenters. The summed E-state index contributed by atoms with van der Waals surface area (Å²) in [6.45, 7) is 2.73. The Morgan fingerprint density at radius 1 is 1.02 bits per heavy atom. The van der Waals surface area contributed by atoms with E-state index in [2.05, 4.69) is 10.3 Å². The van der Waals surface area contributed by atoms with E-state index in [4.69, 9.17) is 4.74 Å². The highest BCUT2D eigenvalue weighted by Gasteiger charge is 2.18. The van der Waals surface area contributed by atoms with Gasteiger partial charge in [-0.2, -0.15) is 0 Å². The van der Waals surface area contributed by atoms with Crippen LogP contribution in [0.15, 0.2) is 97.2 Å². The number of para-hydroxylation sites is 1. The number of aromatic amines is 1. The minimum atomic E-state index is -0.208. The maximum Gasteiger partial charge on any atom is 0.228 e. The lowest BCUT2D eigenvalue weighted by Gasteiger charge is -2.22. The quantitative estimate of drug-likeness (QED) is 0.192. The summed E-state index contributed by atoms with van der Waals surface area (Å²) in [5.41, 5.74) is 4.70. The van der Waals surface area contributed by atoms with Crippen molar-refractivity contribution in [3.05, 3.63) is 114 Å². The number of methoxy groups -OCH3 is 1. The number of nitrogens with zero attached hydrogens (tertiary/aromatic N) is 1. The van der Waals surface area contributed by atoms with Crippen molar-refractivity contribution in [2.24, 2.45) is 5.92 Å². The summed E-state index contributed by atoms with van der Waals surface area (Å²) >= 11 is 0. The van der Waals surface area contributed by atoms with Gasteiger partial charge >= 0.3 is 0 Å². The summed E-state index contributed by atoms with van der Waals surface area (Å²) in [5.74, 6) is -0.104. The van der Waals surface area contributed by atoms with Crippen LogP contribution < -0.4 is 5.32 Å². The first-order valence-electron chi connectivity index (χ1n) is 13.5. The summed E-state index contributed by atoms with van der Waals surface area (Å²) in [6.07, 6.45) is 6.06. The van der Waals surface area contributed by atoms with Gasteiger partial charge in [0.25, 0.3) is 0 Å². The molecule has 2 atom stereocenters. The number of aromatic nitrogens is 1. The van der Waals surface area contributed by atoms with E-state index in [-0.39, 0.29) is 43.3 Å². The van der Waals surface area contributed by atoms with E-state index in [9.17, 15) is 14.7 Å². The van der Waals surface area contributed by atoms with Crippen LogP contribution in [0.25, 0.3) is 10.9 Å². The van der Waals surface area contributed by atoms with Crippen molar-refractivity contribution in [3.8, 4) is 0 Å². The monoisotopic (exact) mass is 539 g/mol. The topological polar surface area (TPSA) is 94.7 Å². The number of fused-ring (bicyclic) bond motifs is 1. The van der Waals surface area contributed by atoms with Crippen molar-refractivity contribution in [1.29, 1.82) is 0 Å². The number of anilines is 1. The molecule has 0 fully saturated rings. The SMILES string of the molecule is CO[C@H](c1ccc(NC(=O)Cc2c[nH]c3ccccc23)cc1)[C@H](C)/C=C/CC(=O)N(CCO)Cc1ccccc1. The molecule has 0 bridgehead atoms. The molecule has 0 aliphatic rings. The van der Waals surface area contributed by atoms with Gasteiger partial charge in [0.05, 0.1) is 19.1 Å². The fraction of sp³-hybridized carbons (Fsp3) is 0.273. The van der Waals surface area contributed by atoms with Gasteiger partial charge in [0.2, 0.25) is 11.8 Å². The van der Waals surface area contributed by atoms with Crippen molar-refractivity contribution in [2.45, 2.75) is 32.4 Å². The van der Waals surface area contributed by atoms with Crippen LogP contribution in [0.5, 0.6) is 0 Å². The summed E-state index contributed by atoms with van der Waals surface area (Å²) in [7, 11) is 1.67. The van der Waals surface area contributed by atoms with Crippen LogP contribution in [-0.4, -0.2) is 47.1 Å². The fourth-order valence-electron chi connectivity index (χ4n) is 4.90. The van der Waals surface area contributed by atoms with Crippen LogP contribution in [0.1, 0.15) is 36.1 Å². The third-order valence-electron chi connectivity index (χ3n) is 6.95. The van der Waals surface area contributed by atoms with Gasteiger partial charge in [0, 0.05) is 55.3 Å². The number of rotatable bonds is 13. The molecule has 0 spiro atoms. The normalized spacial score (nSPS) is 12.9. The van der Waals surface area contributed by atoms with Crippen LogP contribution >= 0.6 is 0 Å². The average molecular weight is 540 g/mol. The maximum absolute atomic E-state index is 12.8. The van der Waals surface area contributed by atoms with Crippen molar-refractivity contribution in [1.82, 2.24) is 9.88 Å². The molecule has 40 heavy (non-hydrogen) atoms. The molecule has 7 nitrogen and oxygen atoms in total. The molecule has 4 rings (SSSR count). The molecule has 0 saturated heterocycles. The molecule has 4 aromatic rings. The van der Waals surface area contributed by atoms with Crippen LogP contribution in [0.4, 0.5) is 5.69 Å². The number of carbonyl (C=O) groups is 2. The van der Waals surface area contributed by atoms with Gasteiger partial charge in [-0.05, 0) is 34.9 Å². The number of ether oxygens (including phenoxy) is 1. The second-order valence-corrected chi connectivity index (χ2v) is 9.88. The first kappa shape index (κ1) is 28.8. The molecule has 1 heterocycles. The second-order valence-electron chi connectivity index (χ2n) is 9.88. The molecule has 2 amide bonds. The highest BCUT2D eigenvalue weighted by atomic mass is 16.5. The van der Waals surface area contributed by atoms with Gasteiger partial charge in [-0.25, -0.2) is 0 Å². The number of aliphatic hydroxyl groups excluding tert-OH is 1. The van der Waals surface area contributed by atoms with Gasteiger partial charge in [-0.15, -0.1) is 0 Å². The molecular formula is C33H37N3O4. The van der Waals surface area contributed by atoms with Gasteiger partial charge < -0.3 is 25.0 Å². The van der Waals surface area contributed by atoms with Crippen LogP contribution in [0.3, 0.4) is 0 Å². The van der Waals surface area contributed by atoms with Gasteiger partial charge in [-0.3, -0.25) is 9.59 Å². The largest absolute Gasteiger partial charge is 0.395 e. The van der Waals surface area contributed by atoms with E-state index in [1.807, 2.05) is 104 Å². The highest BCUT2D eigenvalue weighted by Crippen LogP contribution is 2.28. The van der Waals surface area contributed by atoms with Gasteiger partial charge in [0.1, 0.15) is 0 Å². The van der Waals surface area contributed by atoms with E-state index in [0.717, 1.165) is 33.3 Å². The fourth-order valence-corrected chi connectivity index (χ4v) is 4.90. The van der Waals surface area contributed by atoms with Crippen molar-refractivity contribution in [3.63, 3.8) is 0 Å². The van der Waals surface area contributed by atoms with Crippen LogP contribution in [0.2, 0.25) is 0 Å². The summed E-state index contributed by atoms with van der Waals surface area (Å²) in [6, 6.07) is 25.4. The molecular weight excluding hydrogens is 502 g/mol. The molecule has 0 saturated carbocycles. The van der Waals surface area contributed by atoms with E-state index >= 15 is 0 Å². The number of carbonyl (C=O) groups excluding carboxylic acids is 2. The molecule has 0 radical (unpaired) electrons. The predicted octanol–water partition coefficient (Wildman–Crippen LogP) is 5.64. The van der Waals surface area contributed by atoms with Gasteiger partial charge in [0.15, 0.2) is 0 Å². The lowest BCUT2D eigenvalue weighted by Crippen LogP contribution is -2.32. The summed E-state index contributed by atoms with van der Waals surface area (Å²) in [5, 5.41) is 13.4. The van der Waals surface area contributed by atoms with Crippen molar-refractivity contribution < 1.29 is 19.4 Å². The third-order valence-corrected chi connectivity index (χ3v) is 6.95. The van der Waals surface area contributed by atoms with E-state index in [1.165, 1.54) is 0 Å². The number of amides is 2. The predicted molar refractivity (Wildman–Crippen MR) is 159 cm³/mol. The Hall–Kier alpha value is -4.20. The van der Waals surface area contributed by atoms with E-state index < -0.39 is 0 Å². The number of nitrogens with one attached hydrogen (secondary N) is 2. The minimum Gasteiger partial charge on any atom is -0.395 e. The van der Waals surface area contributed by atoms with Crippen LogP contribution in [0, 0.1) is 5.92 Å². The first-order valence-corrected chi connectivity index (χ1v) is 13.5. The highest BCUT2D eigenvalue weighted by molar-refractivity contribution is 5.95. The standard InChI is InChI=1S/C33H37N3O4/c1-24(9-8-14-32(39)36(19-20-37)23-25-10-4-3-5-11-25)33(40-2)26-15-17-28(18-16-26)35-31(38)21-27-22-34-30-13-7-6-12-29(27)30/h3-13,15-18,22,24,33-34,37H,14,19-21,23H2,1-2H3,(H,35,38)/b9-8+/t24-,33+/m1/s1. The molecule has 1 aromatic heterocycles. The van der Waals surface area contributed by atoms with E-state index in [1.54, 1.807) is 12.0 Å². The average Bonchev–Trinajstić information content (AvgIpc) is 3.37. The molecule has 3 N–H and O–H groups in total. The van der Waals surface area contributed by atoms with Crippen molar-refractivity contribution in [2.75, 3.05) is 25.6 Å². The summed E-state index contributed by atoms with van der Waals surface area (Å²) in [4.78, 5) is 30.4. The number of hydrogen-bond acceptors (Lipinski definition) is 4. The number of hydrogen-bond donors (Lipinski definition) is 3. The number of benzene rings is 3. The molecule has 0 aliphatic carbocycles. The number of aliphatic hydroxyl groups is 1. The zero-order valence-electron chi connectivity index (χ0n) is 23.0. The Bertz CT molecular complexity index is 1410. The lowest BCUT2D eigenvalue weighted by molar-refractivity contribution is -0.131. The summed E-state index contributed by atoms with van der Waals surface area (Å²) < 4.78 is 5.78. The Balaban J connectivity index is 1.31. The Kier molecular flexibility index (Phi) is 10.3. The zero-order valence-corrected chi connectivity index (χ0v) is 23.0. The Morgan fingerprint density at radius 3 is 2.48 bits per heavy atom. The van der Waals surface area contributed by atoms with E-state index in [0.29, 0.717) is 13.1 Å². The van der Waals surface area contributed by atoms with Crippen LogP contribution in [-0.2, 0) is 27.3 Å². The Labute approximate surface area is 235 Å². The number of H-pyrrole nitrogens is 1. The Morgan fingerprint density at radius 2 is 1.75 bits per heavy atom. The lowest BCUT2D eigenvalue weighted by atomic mass is 9.96. The first-order chi connectivity index (χ1) is 19.5. The molecule has 3 aromatic carbocycles. The molecule has 7 heteroatoms. The maximum atomic E-state index is 12.8. The second kappa shape index (κ2) is 14.3. The molecule has 208 valence electrons. The van der Waals surface area contributed by atoms with Gasteiger partial charge in [-0.1, -0.05) is 79.7 Å². The molecule has 0 aliphatic heterocycles. The van der Waals surface area contributed by atoms with Crippen molar-refractivity contribution >= 4 is 28.4 Å². The smallest absolute Gasteiger partial charge is 0.228 e.